The number of halogens is 1. The Balaban J connectivity index is 3.36. The fourth-order valence-corrected chi connectivity index (χ4v) is 1.74. The average molecular weight is 268 g/mol. The van der Waals surface area contributed by atoms with Crippen LogP contribution in [0.1, 0.15) is 21.5 Å². The van der Waals surface area contributed by atoms with Crippen molar-refractivity contribution in [1.82, 2.24) is 0 Å². The van der Waals surface area contributed by atoms with Gasteiger partial charge < -0.3 is 5.11 Å². The molecule has 5 heteroatoms. The molecule has 0 aliphatic carbocycles. The van der Waals surface area contributed by atoms with Crippen molar-refractivity contribution in [3.8, 4) is 6.07 Å². The molecule has 0 aromatic heterocycles. The van der Waals surface area contributed by atoms with E-state index in [0.717, 1.165) is 0 Å². The predicted octanol–water partition coefficient (Wildman–Crippen LogP) is 1.76. The molecule has 1 aromatic carbocycles. The summed E-state index contributed by atoms with van der Waals surface area (Å²) in [7, 11) is 0. The lowest BCUT2D eigenvalue weighted by Gasteiger charge is -2.05. The van der Waals surface area contributed by atoms with E-state index in [1.807, 2.05) is 6.07 Å². The summed E-state index contributed by atoms with van der Waals surface area (Å²) in [4.78, 5) is 21.2. The van der Waals surface area contributed by atoms with E-state index in [1.54, 1.807) is 0 Å². The molecule has 4 nitrogen and oxygen atoms in total. The van der Waals surface area contributed by atoms with Crippen LogP contribution in [0.3, 0.4) is 0 Å². The molecular formula is C10H6BrNO3. The Labute approximate surface area is 94.3 Å². The minimum Gasteiger partial charge on any atom is -0.481 e. The molecule has 1 N–H and O–H groups in total. The Bertz CT molecular complexity index is 462. The van der Waals surface area contributed by atoms with Gasteiger partial charge in [0.25, 0.3) is 0 Å². The zero-order valence-electron chi connectivity index (χ0n) is 7.53. The van der Waals surface area contributed by atoms with Gasteiger partial charge in [-0.25, -0.2) is 0 Å². The van der Waals surface area contributed by atoms with Gasteiger partial charge in [-0.3, -0.25) is 9.59 Å². The number of benzene rings is 1. The van der Waals surface area contributed by atoms with Crippen LogP contribution >= 0.6 is 15.9 Å². The lowest BCUT2D eigenvalue weighted by Crippen LogP contribution is -2.04. The van der Waals surface area contributed by atoms with Gasteiger partial charge in [-0.15, -0.1) is 0 Å². The maximum Gasteiger partial charge on any atom is 0.307 e. The van der Waals surface area contributed by atoms with Crippen LogP contribution in [-0.2, 0) is 11.2 Å². The standard InChI is InChI=1S/C10H6BrNO3/c11-10-7(5-13)2-1-6(4-12)8(10)3-9(14)15/h1-2,5H,3H2,(H,14,15). The van der Waals surface area contributed by atoms with Gasteiger partial charge in [-0.05, 0) is 33.6 Å². The summed E-state index contributed by atoms with van der Waals surface area (Å²) in [6.45, 7) is 0. The molecule has 0 amide bonds. The fraction of sp³-hybridized carbons (Fsp3) is 0.100. The Morgan fingerprint density at radius 3 is 2.73 bits per heavy atom. The van der Waals surface area contributed by atoms with Crippen LogP contribution in [0.5, 0.6) is 0 Å². The van der Waals surface area contributed by atoms with Crippen molar-refractivity contribution in [2.24, 2.45) is 0 Å². The Kier molecular flexibility index (Phi) is 3.58. The second kappa shape index (κ2) is 4.71. The molecule has 0 unspecified atom stereocenters. The molecule has 0 saturated heterocycles. The van der Waals surface area contributed by atoms with Crippen LogP contribution in [0.2, 0.25) is 0 Å². The van der Waals surface area contributed by atoms with Gasteiger partial charge in [0.05, 0.1) is 18.1 Å². The molecule has 15 heavy (non-hydrogen) atoms. The van der Waals surface area contributed by atoms with Crippen molar-refractivity contribution in [1.29, 1.82) is 5.26 Å². The summed E-state index contributed by atoms with van der Waals surface area (Å²) >= 11 is 3.12. The van der Waals surface area contributed by atoms with E-state index in [2.05, 4.69) is 15.9 Å². The van der Waals surface area contributed by atoms with Gasteiger partial charge >= 0.3 is 5.97 Å². The van der Waals surface area contributed by atoms with Crippen molar-refractivity contribution in [2.45, 2.75) is 6.42 Å². The zero-order chi connectivity index (χ0) is 11.4. The van der Waals surface area contributed by atoms with Gasteiger partial charge in [0.2, 0.25) is 0 Å². The molecule has 0 bridgehead atoms. The fourth-order valence-electron chi connectivity index (χ4n) is 1.16. The number of aldehydes is 1. The van der Waals surface area contributed by atoms with E-state index in [-0.39, 0.29) is 12.0 Å². The summed E-state index contributed by atoms with van der Waals surface area (Å²) in [5.74, 6) is -1.05. The Morgan fingerprint density at radius 1 is 1.60 bits per heavy atom. The number of carboxylic acid groups (broad SMARTS) is 1. The highest BCUT2D eigenvalue weighted by Gasteiger charge is 2.13. The molecule has 0 fully saturated rings. The normalized spacial score (nSPS) is 9.33. The maximum absolute atomic E-state index is 10.6. The number of hydrogen-bond acceptors (Lipinski definition) is 3. The second-order valence-corrected chi connectivity index (χ2v) is 3.59. The largest absolute Gasteiger partial charge is 0.481 e. The van der Waals surface area contributed by atoms with Crippen LogP contribution in [0.25, 0.3) is 0 Å². The van der Waals surface area contributed by atoms with Crippen LogP contribution < -0.4 is 0 Å². The number of aliphatic carboxylic acids is 1. The first-order valence-corrected chi connectivity index (χ1v) is 4.78. The van der Waals surface area contributed by atoms with Crippen LogP contribution in [0.4, 0.5) is 0 Å². The third-order valence-corrected chi connectivity index (χ3v) is 2.78. The monoisotopic (exact) mass is 267 g/mol. The molecule has 0 aliphatic rings. The quantitative estimate of drug-likeness (QED) is 0.847. The van der Waals surface area contributed by atoms with Gasteiger partial charge in [0.1, 0.15) is 0 Å². The lowest BCUT2D eigenvalue weighted by molar-refractivity contribution is -0.136. The van der Waals surface area contributed by atoms with Gasteiger partial charge in [0.15, 0.2) is 6.29 Å². The van der Waals surface area contributed by atoms with Crippen LogP contribution in [-0.4, -0.2) is 17.4 Å². The number of nitrogens with zero attached hydrogens (tertiary/aromatic N) is 1. The van der Waals surface area contributed by atoms with Crippen LogP contribution in [0, 0.1) is 11.3 Å². The smallest absolute Gasteiger partial charge is 0.307 e. The van der Waals surface area contributed by atoms with E-state index in [9.17, 15) is 9.59 Å². The van der Waals surface area contributed by atoms with E-state index < -0.39 is 5.97 Å². The Hall–Kier alpha value is -1.67. The van der Waals surface area contributed by atoms with Crippen molar-refractivity contribution in [3.63, 3.8) is 0 Å². The molecule has 0 spiro atoms. The lowest BCUT2D eigenvalue weighted by atomic mass is 10.0. The summed E-state index contributed by atoms with van der Waals surface area (Å²) in [5, 5.41) is 17.4. The number of hydrogen-bond donors (Lipinski definition) is 1. The predicted molar refractivity (Wildman–Crippen MR) is 55.6 cm³/mol. The molecule has 0 saturated carbocycles. The summed E-state index contributed by atoms with van der Waals surface area (Å²) in [6.07, 6.45) is 0.321. The van der Waals surface area contributed by atoms with E-state index >= 15 is 0 Å². The Morgan fingerprint density at radius 2 is 2.27 bits per heavy atom. The molecule has 1 aromatic rings. The zero-order valence-corrected chi connectivity index (χ0v) is 9.11. The van der Waals surface area contributed by atoms with Crippen molar-refractivity contribution < 1.29 is 14.7 Å². The highest BCUT2D eigenvalue weighted by atomic mass is 79.9. The van der Waals surface area contributed by atoms with Gasteiger partial charge in [-0.1, -0.05) is 0 Å². The number of carbonyl (C=O) groups excluding carboxylic acids is 1. The highest BCUT2D eigenvalue weighted by molar-refractivity contribution is 9.10. The first kappa shape index (κ1) is 11.4. The second-order valence-electron chi connectivity index (χ2n) is 2.80. The van der Waals surface area contributed by atoms with E-state index in [1.165, 1.54) is 12.1 Å². The third kappa shape index (κ3) is 2.42. The molecule has 0 atom stereocenters. The molecular weight excluding hydrogens is 262 g/mol. The number of rotatable bonds is 3. The van der Waals surface area contributed by atoms with E-state index in [4.69, 9.17) is 10.4 Å². The first-order valence-electron chi connectivity index (χ1n) is 3.98. The molecule has 1 rings (SSSR count). The van der Waals surface area contributed by atoms with Crippen molar-refractivity contribution >= 4 is 28.2 Å². The molecule has 0 aliphatic heterocycles. The average Bonchev–Trinajstić information content (AvgIpc) is 2.20. The van der Waals surface area contributed by atoms with Crippen molar-refractivity contribution in [2.75, 3.05) is 0 Å². The topological polar surface area (TPSA) is 78.2 Å². The third-order valence-electron chi connectivity index (χ3n) is 1.85. The highest BCUT2D eigenvalue weighted by Crippen LogP contribution is 2.24. The van der Waals surface area contributed by atoms with Crippen molar-refractivity contribution in [3.05, 3.63) is 33.3 Å². The number of nitriles is 1. The molecule has 0 radical (unpaired) electrons. The maximum atomic E-state index is 10.6. The molecule has 0 heterocycles. The first-order chi connectivity index (χ1) is 7.10. The van der Waals surface area contributed by atoms with E-state index in [0.29, 0.717) is 21.9 Å². The summed E-state index contributed by atoms with van der Waals surface area (Å²) in [5.41, 5.74) is 0.926. The van der Waals surface area contributed by atoms with Crippen LogP contribution in [0.15, 0.2) is 16.6 Å². The van der Waals surface area contributed by atoms with Gasteiger partial charge in [-0.2, -0.15) is 5.26 Å². The SMILES string of the molecule is N#Cc1ccc(C=O)c(Br)c1CC(=O)O. The molecule has 76 valence electrons. The van der Waals surface area contributed by atoms with Gasteiger partial charge in [0, 0.05) is 10.0 Å². The minimum atomic E-state index is -1.05. The minimum absolute atomic E-state index is 0.259. The summed E-state index contributed by atoms with van der Waals surface area (Å²) in [6, 6.07) is 4.79. The number of carboxylic acids is 1. The summed E-state index contributed by atoms with van der Waals surface area (Å²) < 4.78 is 0.374. The number of carbonyl (C=O) groups is 2.